The van der Waals surface area contributed by atoms with E-state index in [1.54, 1.807) is 31.5 Å². The molecule has 4 aromatic rings. The van der Waals surface area contributed by atoms with Gasteiger partial charge in [0.25, 0.3) is 0 Å². The molecule has 0 bridgehead atoms. The van der Waals surface area contributed by atoms with E-state index in [1.807, 2.05) is 36.4 Å². The van der Waals surface area contributed by atoms with Crippen molar-refractivity contribution in [3.63, 3.8) is 0 Å². The van der Waals surface area contributed by atoms with Crippen LogP contribution in [0.5, 0.6) is 11.5 Å². The molecule has 0 atom stereocenters. The summed E-state index contributed by atoms with van der Waals surface area (Å²) < 4.78 is 49.9. The van der Waals surface area contributed by atoms with Crippen molar-refractivity contribution in [2.45, 2.75) is 12.8 Å². The highest BCUT2D eigenvalue weighted by atomic mass is 19.4. The Morgan fingerprint density at radius 1 is 0.903 bits per heavy atom. The fraction of sp³-hybridized carbons (Fsp3) is 0.125. The van der Waals surface area contributed by atoms with E-state index in [0.29, 0.717) is 29.2 Å². The number of halogens is 3. The molecule has 0 spiro atoms. The molecule has 1 heterocycles. The largest absolute Gasteiger partial charge is 0.497 e. The van der Waals surface area contributed by atoms with Crippen LogP contribution in [0.4, 0.5) is 24.5 Å². The van der Waals surface area contributed by atoms with E-state index >= 15 is 0 Å². The molecule has 0 saturated carbocycles. The van der Waals surface area contributed by atoms with Crippen LogP contribution >= 0.6 is 0 Å². The standard InChI is InChI=1S/C24H19F3N2O2/c1-30-19-7-5-16(6-8-19)15-31-20-9-10-21-22(11-12-28-23(21)14-20)29-18-4-2-3-17(13-18)24(25,26)27/h2-14H,15H2,1H3,(H,28,29). The summed E-state index contributed by atoms with van der Waals surface area (Å²) in [5, 5.41) is 3.83. The zero-order valence-electron chi connectivity index (χ0n) is 16.6. The molecule has 31 heavy (non-hydrogen) atoms. The molecular weight excluding hydrogens is 405 g/mol. The van der Waals surface area contributed by atoms with Gasteiger partial charge in [0.2, 0.25) is 0 Å². The number of hydrogen-bond donors (Lipinski definition) is 1. The Balaban J connectivity index is 1.53. The number of alkyl halides is 3. The lowest BCUT2D eigenvalue weighted by Crippen LogP contribution is -2.05. The van der Waals surface area contributed by atoms with Crippen molar-refractivity contribution in [3.05, 3.63) is 90.1 Å². The Labute approximate surface area is 177 Å². The number of nitrogens with one attached hydrogen (secondary N) is 1. The van der Waals surface area contributed by atoms with Crippen molar-refractivity contribution >= 4 is 22.3 Å². The highest BCUT2D eigenvalue weighted by molar-refractivity contribution is 5.93. The number of benzene rings is 3. The molecule has 0 saturated heterocycles. The maximum absolute atomic E-state index is 13.0. The normalized spacial score (nSPS) is 11.4. The summed E-state index contributed by atoms with van der Waals surface area (Å²) in [5.41, 5.74) is 1.97. The molecular formula is C24H19F3N2O2. The SMILES string of the molecule is COc1ccc(COc2ccc3c(Nc4cccc(C(F)(F)F)c4)ccnc3c2)cc1. The summed E-state index contributed by atoms with van der Waals surface area (Å²) in [4.78, 5) is 4.36. The van der Waals surface area contributed by atoms with E-state index in [9.17, 15) is 13.2 Å². The predicted molar refractivity (Wildman–Crippen MR) is 114 cm³/mol. The van der Waals surface area contributed by atoms with Gasteiger partial charge in [-0.05, 0) is 54.1 Å². The van der Waals surface area contributed by atoms with E-state index in [0.717, 1.165) is 28.8 Å². The summed E-state index contributed by atoms with van der Waals surface area (Å²) >= 11 is 0. The van der Waals surface area contributed by atoms with Crippen LogP contribution < -0.4 is 14.8 Å². The maximum atomic E-state index is 13.0. The molecule has 7 heteroatoms. The highest BCUT2D eigenvalue weighted by Crippen LogP contribution is 2.33. The summed E-state index contributed by atoms with van der Waals surface area (Å²) in [5.74, 6) is 1.42. The van der Waals surface area contributed by atoms with Crippen LogP contribution in [0.2, 0.25) is 0 Å². The van der Waals surface area contributed by atoms with Gasteiger partial charge in [-0.25, -0.2) is 0 Å². The number of methoxy groups -OCH3 is 1. The minimum absolute atomic E-state index is 0.349. The third-order valence-electron chi connectivity index (χ3n) is 4.75. The Morgan fingerprint density at radius 3 is 2.42 bits per heavy atom. The Hall–Kier alpha value is -3.74. The molecule has 0 radical (unpaired) electrons. The first kappa shape index (κ1) is 20.5. The monoisotopic (exact) mass is 424 g/mol. The lowest BCUT2D eigenvalue weighted by molar-refractivity contribution is -0.137. The number of anilines is 2. The van der Waals surface area contributed by atoms with Crippen LogP contribution in [-0.4, -0.2) is 12.1 Å². The quantitative estimate of drug-likeness (QED) is 0.379. The van der Waals surface area contributed by atoms with E-state index < -0.39 is 11.7 Å². The Morgan fingerprint density at radius 2 is 1.68 bits per heavy atom. The van der Waals surface area contributed by atoms with Crippen molar-refractivity contribution in [2.24, 2.45) is 0 Å². The zero-order valence-corrected chi connectivity index (χ0v) is 16.6. The number of ether oxygens (including phenoxy) is 2. The Bertz CT molecular complexity index is 1190. The van der Waals surface area contributed by atoms with Crippen LogP contribution in [0.15, 0.2) is 79.0 Å². The zero-order chi connectivity index (χ0) is 21.8. The average Bonchev–Trinajstić information content (AvgIpc) is 2.78. The van der Waals surface area contributed by atoms with Gasteiger partial charge in [-0.2, -0.15) is 13.2 Å². The number of aromatic nitrogens is 1. The van der Waals surface area contributed by atoms with Crippen LogP contribution in [-0.2, 0) is 12.8 Å². The lowest BCUT2D eigenvalue weighted by atomic mass is 10.1. The average molecular weight is 424 g/mol. The summed E-state index contributed by atoms with van der Waals surface area (Å²) in [6.45, 7) is 0.387. The van der Waals surface area contributed by atoms with Crippen LogP contribution in [0, 0.1) is 0 Å². The molecule has 4 nitrogen and oxygen atoms in total. The van der Waals surface area contributed by atoms with Crippen molar-refractivity contribution in [3.8, 4) is 11.5 Å². The van der Waals surface area contributed by atoms with E-state index in [2.05, 4.69) is 10.3 Å². The van der Waals surface area contributed by atoms with Gasteiger partial charge >= 0.3 is 6.18 Å². The molecule has 158 valence electrons. The molecule has 0 aliphatic carbocycles. The fourth-order valence-electron chi connectivity index (χ4n) is 3.14. The van der Waals surface area contributed by atoms with Gasteiger partial charge in [0.15, 0.2) is 0 Å². The van der Waals surface area contributed by atoms with E-state index in [1.165, 1.54) is 6.07 Å². The second kappa shape index (κ2) is 8.55. The maximum Gasteiger partial charge on any atom is 0.416 e. The topological polar surface area (TPSA) is 43.4 Å². The summed E-state index contributed by atoms with van der Waals surface area (Å²) in [6.07, 6.45) is -2.79. The van der Waals surface area contributed by atoms with Gasteiger partial charge in [-0.3, -0.25) is 4.98 Å². The van der Waals surface area contributed by atoms with Crippen molar-refractivity contribution < 1.29 is 22.6 Å². The molecule has 0 fully saturated rings. The summed E-state index contributed by atoms with van der Waals surface area (Å²) in [7, 11) is 1.61. The summed E-state index contributed by atoms with van der Waals surface area (Å²) in [6, 6.07) is 19.8. The van der Waals surface area contributed by atoms with Crippen molar-refractivity contribution in [1.82, 2.24) is 4.98 Å². The minimum Gasteiger partial charge on any atom is -0.497 e. The number of rotatable bonds is 6. The third kappa shape index (κ3) is 4.88. The van der Waals surface area contributed by atoms with Crippen LogP contribution in [0.3, 0.4) is 0 Å². The fourth-order valence-corrected chi connectivity index (χ4v) is 3.14. The van der Waals surface area contributed by atoms with E-state index in [-0.39, 0.29) is 0 Å². The minimum atomic E-state index is -4.39. The van der Waals surface area contributed by atoms with Gasteiger partial charge in [-0.1, -0.05) is 18.2 Å². The number of fused-ring (bicyclic) bond motifs is 1. The van der Waals surface area contributed by atoms with Crippen LogP contribution in [0.1, 0.15) is 11.1 Å². The number of nitrogens with zero attached hydrogens (tertiary/aromatic N) is 1. The smallest absolute Gasteiger partial charge is 0.416 e. The second-order valence-electron chi connectivity index (χ2n) is 6.88. The molecule has 0 unspecified atom stereocenters. The highest BCUT2D eigenvalue weighted by Gasteiger charge is 2.30. The first-order valence-corrected chi connectivity index (χ1v) is 9.51. The van der Waals surface area contributed by atoms with Gasteiger partial charge in [0.1, 0.15) is 18.1 Å². The van der Waals surface area contributed by atoms with Gasteiger partial charge in [0.05, 0.1) is 18.2 Å². The molecule has 0 amide bonds. The van der Waals surface area contributed by atoms with Crippen molar-refractivity contribution in [1.29, 1.82) is 0 Å². The van der Waals surface area contributed by atoms with Crippen LogP contribution in [0.25, 0.3) is 10.9 Å². The lowest BCUT2D eigenvalue weighted by Gasteiger charge is -2.13. The third-order valence-corrected chi connectivity index (χ3v) is 4.75. The number of pyridine rings is 1. The molecule has 1 aromatic heterocycles. The Kier molecular flexibility index (Phi) is 5.66. The molecule has 3 aromatic carbocycles. The second-order valence-corrected chi connectivity index (χ2v) is 6.88. The van der Waals surface area contributed by atoms with E-state index in [4.69, 9.17) is 9.47 Å². The molecule has 1 N–H and O–H groups in total. The number of hydrogen-bond acceptors (Lipinski definition) is 4. The first-order valence-electron chi connectivity index (χ1n) is 9.51. The predicted octanol–water partition coefficient (Wildman–Crippen LogP) is 6.58. The first-order chi connectivity index (χ1) is 14.9. The molecule has 4 rings (SSSR count). The van der Waals surface area contributed by atoms with Crippen molar-refractivity contribution in [2.75, 3.05) is 12.4 Å². The van der Waals surface area contributed by atoms with Gasteiger partial charge < -0.3 is 14.8 Å². The van der Waals surface area contributed by atoms with Gasteiger partial charge in [-0.15, -0.1) is 0 Å². The molecule has 0 aliphatic heterocycles. The molecule has 0 aliphatic rings. The van der Waals surface area contributed by atoms with Gasteiger partial charge in [0, 0.05) is 29.0 Å².